The van der Waals surface area contributed by atoms with Crippen LogP contribution < -0.4 is 10.1 Å². The lowest BCUT2D eigenvalue weighted by molar-refractivity contribution is 0.258. The van der Waals surface area contributed by atoms with Crippen molar-refractivity contribution < 1.29 is 4.74 Å². The smallest absolute Gasteiger partial charge is 0.133 e. The van der Waals surface area contributed by atoms with Crippen LogP contribution in [0.1, 0.15) is 17.5 Å². The lowest BCUT2D eigenvalue weighted by Gasteiger charge is -2.13. The first-order chi connectivity index (χ1) is 10.3. The third-order valence-electron chi connectivity index (χ3n) is 3.88. The molecule has 3 heteroatoms. The fourth-order valence-corrected chi connectivity index (χ4v) is 3.21. The van der Waals surface area contributed by atoms with Gasteiger partial charge in [-0.15, -0.1) is 0 Å². The van der Waals surface area contributed by atoms with Crippen LogP contribution in [-0.4, -0.2) is 19.7 Å². The topological polar surface area (TPSA) is 21.3 Å². The molecular weight excluding hydrogens is 326 g/mol. The summed E-state index contributed by atoms with van der Waals surface area (Å²) in [5.74, 6) is 1.58. The number of halogens is 1. The standard InChI is InChI=1S/C18H20BrNO/c19-17-11-15(10-14-4-2-1-3-5-14)6-7-18(17)21-13-16-8-9-20-12-16/h1-7,11,16,20H,8-10,12-13H2/t16-/m0/s1. The molecule has 3 rings (SSSR count). The monoisotopic (exact) mass is 345 g/mol. The van der Waals surface area contributed by atoms with Crippen molar-refractivity contribution in [2.24, 2.45) is 5.92 Å². The molecule has 1 aliphatic rings. The second kappa shape index (κ2) is 7.10. The zero-order valence-electron chi connectivity index (χ0n) is 12.0. The Morgan fingerprint density at radius 3 is 2.67 bits per heavy atom. The number of ether oxygens (including phenoxy) is 1. The third kappa shape index (κ3) is 4.08. The van der Waals surface area contributed by atoms with Crippen LogP contribution in [0.15, 0.2) is 53.0 Å². The zero-order valence-corrected chi connectivity index (χ0v) is 13.6. The van der Waals surface area contributed by atoms with E-state index in [1.54, 1.807) is 0 Å². The summed E-state index contributed by atoms with van der Waals surface area (Å²) in [6.07, 6.45) is 2.16. The molecule has 0 amide bonds. The Morgan fingerprint density at radius 1 is 1.10 bits per heavy atom. The molecule has 1 heterocycles. The van der Waals surface area contributed by atoms with E-state index in [-0.39, 0.29) is 0 Å². The molecule has 1 aliphatic heterocycles. The summed E-state index contributed by atoms with van der Waals surface area (Å²) in [4.78, 5) is 0. The predicted molar refractivity (Wildman–Crippen MR) is 89.9 cm³/mol. The van der Waals surface area contributed by atoms with Gasteiger partial charge in [0.15, 0.2) is 0 Å². The SMILES string of the molecule is Brc1cc(Cc2ccccc2)ccc1OC[C@H]1CCNC1. The molecule has 0 aromatic heterocycles. The minimum Gasteiger partial charge on any atom is -0.492 e. The van der Waals surface area contributed by atoms with Gasteiger partial charge >= 0.3 is 0 Å². The van der Waals surface area contributed by atoms with Crippen LogP contribution in [0.4, 0.5) is 0 Å². The fourth-order valence-electron chi connectivity index (χ4n) is 2.67. The Bertz CT molecular complexity index is 579. The highest BCUT2D eigenvalue weighted by Crippen LogP contribution is 2.27. The van der Waals surface area contributed by atoms with E-state index >= 15 is 0 Å². The summed E-state index contributed by atoms with van der Waals surface area (Å²) in [7, 11) is 0. The normalized spacial score (nSPS) is 17.9. The van der Waals surface area contributed by atoms with Gasteiger partial charge in [0.25, 0.3) is 0 Å². The van der Waals surface area contributed by atoms with Gasteiger partial charge < -0.3 is 10.1 Å². The molecule has 2 aromatic rings. The first-order valence-corrected chi connectivity index (χ1v) is 8.26. The molecule has 0 saturated carbocycles. The Balaban J connectivity index is 1.62. The molecular formula is C18H20BrNO. The highest BCUT2D eigenvalue weighted by atomic mass is 79.9. The molecule has 0 spiro atoms. The van der Waals surface area contributed by atoms with Crippen molar-refractivity contribution in [3.63, 3.8) is 0 Å². The van der Waals surface area contributed by atoms with Gasteiger partial charge in [-0.05, 0) is 58.6 Å². The second-order valence-corrected chi connectivity index (χ2v) is 6.45. The highest BCUT2D eigenvalue weighted by Gasteiger charge is 2.15. The van der Waals surface area contributed by atoms with Crippen molar-refractivity contribution in [2.45, 2.75) is 12.8 Å². The maximum absolute atomic E-state index is 5.94. The van der Waals surface area contributed by atoms with Crippen LogP contribution in [0.5, 0.6) is 5.75 Å². The van der Waals surface area contributed by atoms with Crippen LogP contribution in [0, 0.1) is 5.92 Å². The molecule has 110 valence electrons. The van der Waals surface area contributed by atoms with Gasteiger partial charge in [0, 0.05) is 12.5 Å². The summed E-state index contributed by atoms with van der Waals surface area (Å²) in [5, 5.41) is 3.37. The minimum atomic E-state index is 0.640. The van der Waals surface area contributed by atoms with Gasteiger partial charge in [0.05, 0.1) is 11.1 Å². The van der Waals surface area contributed by atoms with E-state index in [0.717, 1.165) is 36.3 Å². The van der Waals surface area contributed by atoms with E-state index in [0.29, 0.717) is 5.92 Å². The van der Waals surface area contributed by atoms with Crippen molar-refractivity contribution in [2.75, 3.05) is 19.7 Å². The Morgan fingerprint density at radius 2 is 1.95 bits per heavy atom. The van der Waals surface area contributed by atoms with Gasteiger partial charge in [-0.3, -0.25) is 0 Å². The molecule has 2 aromatic carbocycles. The Hall–Kier alpha value is -1.32. The quantitative estimate of drug-likeness (QED) is 0.883. The van der Waals surface area contributed by atoms with Gasteiger partial charge in [0.2, 0.25) is 0 Å². The van der Waals surface area contributed by atoms with Crippen molar-refractivity contribution in [3.8, 4) is 5.75 Å². The first kappa shape index (κ1) is 14.6. The van der Waals surface area contributed by atoms with E-state index in [9.17, 15) is 0 Å². The average molecular weight is 346 g/mol. The van der Waals surface area contributed by atoms with E-state index in [2.05, 4.69) is 63.7 Å². The van der Waals surface area contributed by atoms with Crippen LogP contribution in [-0.2, 0) is 6.42 Å². The van der Waals surface area contributed by atoms with Crippen LogP contribution >= 0.6 is 15.9 Å². The van der Waals surface area contributed by atoms with Crippen molar-refractivity contribution in [1.82, 2.24) is 5.32 Å². The molecule has 1 N–H and O–H groups in total. The predicted octanol–water partition coefficient (Wildman–Crippen LogP) is 4.03. The molecule has 0 radical (unpaired) electrons. The number of rotatable bonds is 5. The zero-order chi connectivity index (χ0) is 14.5. The van der Waals surface area contributed by atoms with Crippen LogP contribution in [0.2, 0.25) is 0 Å². The minimum absolute atomic E-state index is 0.640. The van der Waals surface area contributed by atoms with Gasteiger partial charge in [-0.2, -0.15) is 0 Å². The fraction of sp³-hybridized carbons (Fsp3) is 0.333. The van der Waals surface area contributed by atoms with E-state index < -0.39 is 0 Å². The molecule has 21 heavy (non-hydrogen) atoms. The Labute approximate surface area is 134 Å². The summed E-state index contributed by atoms with van der Waals surface area (Å²) < 4.78 is 6.98. The van der Waals surface area contributed by atoms with Gasteiger partial charge in [0.1, 0.15) is 5.75 Å². The second-order valence-electron chi connectivity index (χ2n) is 5.60. The number of nitrogens with one attached hydrogen (secondary N) is 1. The molecule has 2 nitrogen and oxygen atoms in total. The van der Waals surface area contributed by atoms with Gasteiger partial charge in [-0.1, -0.05) is 36.4 Å². The van der Waals surface area contributed by atoms with Crippen molar-refractivity contribution in [1.29, 1.82) is 0 Å². The summed E-state index contributed by atoms with van der Waals surface area (Å²) in [5.41, 5.74) is 2.62. The van der Waals surface area contributed by atoms with E-state index in [1.165, 1.54) is 17.5 Å². The van der Waals surface area contributed by atoms with E-state index in [1.807, 2.05) is 6.07 Å². The van der Waals surface area contributed by atoms with Crippen LogP contribution in [0.25, 0.3) is 0 Å². The number of hydrogen-bond acceptors (Lipinski definition) is 2. The summed E-state index contributed by atoms with van der Waals surface area (Å²) >= 11 is 3.63. The van der Waals surface area contributed by atoms with Gasteiger partial charge in [-0.25, -0.2) is 0 Å². The van der Waals surface area contributed by atoms with Crippen LogP contribution in [0.3, 0.4) is 0 Å². The third-order valence-corrected chi connectivity index (χ3v) is 4.50. The number of benzene rings is 2. The Kier molecular flexibility index (Phi) is 4.94. The maximum Gasteiger partial charge on any atom is 0.133 e. The molecule has 1 fully saturated rings. The lowest BCUT2D eigenvalue weighted by Crippen LogP contribution is -2.15. The molecule has 0 unspecified atom stereocenters. The molecule has 0 aliphatic carbocycles. The highest BCUT2D eigenvalue weighted by molar-refractivity contribution is 9.10. The molecule has 1 atom stereocenters. The summed E-state index contributed by atoms with van der Waals surface area (Å²) in [6, 6.07) is 16.9. The largest absolute Gasteiger partial charge is 0.492 e. The number of hydrogen-bond donors (Lipinski definition) is 1. The van der Waals surface area contributed by atoms with Crippen molar-refractivity contribution >= 4 is 15.9 Å². The first-order valence-electron chi connectivity index (χ1n) is 7.47. The molecule has 0 bridgehead atoms. The average Bonchev–Trinajstić information content (AvgIpc) is 3.01. The van der Waals surface area contributed by atoms with Crippen molar-refractivity contribution in [3.05, 3.63) is 64.1 Å². The van der Waals surface area contributed by atoms with E-state index in [4.69, 9.17) is 4.74 Å². The maximum atomic E-state index is 5.94. The molecule has 1 saturated heterocycles. The summed E-state index contributed by atoms with van der Waals surface area (Å²) in [6.45, 7) is 2.98. The lowest BCUT2D eigenvalue weighted by atomic mass is 10.1.